The molecule has 0 amide bonds. The Bertz CT molecular complexity index is 313. The Kier molecular flexibility index (Phi) is 16.5. The fourth-order valence-electron chi connectivity index (χ4n) is 1.75. The zero-order valence-electron chi connectivity index (χ0n) is 13.4. The third kappa shape index (κ3) is 16.7. The maximum absolute atomic E-state index is 2.31. The summed E-state index contributed by atoms with van der Waals surface area (Å²) in [5.41, 5.74) is 0. The molecule has 0 aromatic heterocycles. The first-order valence-corrected chi connectivity index (χ1v) is 8.13. The van der Waals surface area contributed by atoms with Crippen molar-refractivity contribution in [1.29, 1.82) is 0 Å². The molecule has 0 aliphatic heterocycles. The maximum Gasteiger partial charge on any atom is -0.0169 e. The zero-order valence-corrected chi connectivity index (χ0v) is 13.4. The van der Waals surface area contributed by atoms with Gasteiger partial charge < -0.3 is 0 Å². The Labute approximate surface area is 126 Å². The number of hydrogen-bond acceptors (Lipinski definition) is 0. The molecule has 0 N–H and O–H groups in total. The molecular formula is C20H32. The average Bonchev–Trinajstić information content (AvgIpc) is 2.47. The molecule has 0 nitrogen and oxygen atoms in total. The molecule has 0 saturated heterocycles. The van der Waals surface area contributed by atoms with Gasteiger partial charge in [-0.2, -0.15) is 0 Å². The van der Waals surface area contributed by atoms with Crippen LogP contribution in [0, 0.1) is 0 Å². The van der Waals surface area contributed by atoms with E-state index in [-0.39, 0.29) is 0 Å². The Morgan fingerprint density at radius 1 is 0.550 bits per heavy atom. The van der Waals surface area contributed by atoms with E-state index in [1.807, 2.05) is 0 Å². The van der Waals surface area contributed by atoms with Gasteiger partial charge in [0, 0.05) is 0 Å². The lowest BCUT2D eigenvalue weighted by molar-refractivity contribution is 0.728. The minimum atomic E-state index is 1.04. The highest BCUT2D eigenvalue weighted by Gasteiger charge is 1.80. The molecule has 0 fully saturated rings. The van der Waals surface area contributed by atoms with Crippen LogP contribution in [0.4, 0.5) is 0 Å². The number of rotatable bonds is 12. The molecule has 0 radical (unpaired) electrons. The summed E-state index contributed by atoms with van der Waals surface area (Å²) < 4.78 is 0. The third-order valence-electron chi connectivity index (χ3n) is 2.97. The van der Waals surface area contributed by atoms with E-state index in [1.165, 1.54) is 25.7 Å². The van der Waals surface area contributed by atoms with Gasteiger partial charge in [0.2, 0.25) is 0 Å². The lowest BCUT2D eigenvalue weighted by atomic mass is 10.2. The topological polar surface area (TPSA) is 0 Å². The van der Waals surface area contributed by atoms with E-state index in [4.69, 9.17) is 0 Å². The standard InChI is InChI=1S/C20H32/c1-3-5-7-9-11-13-15-17-19-20-18-16-14-12-10-8-6-4-2/h3,5,9,11-12,14-15,17-18,20H,4,6-8,10,13,16,19H2,1-2H3/b5-3+,11-9+,14-12+,17-15+,20-18+. The first kappa shape index (κ1) is 18.7. The molecule has 0 aromatic carbocycles. The molecule has 0 aromatic rings. The van der Waals surface area contributed by atoms with Gasteiger partial charge in [-0.1, -0.05) is 80.5 Å². The van der Waals surface area contributed by atoms with Crippen molar-refractivity contribution in [2.75, 3.05) is 0 Å². The Hall–Kier alpha value is -1.30. The lowest BCUT2D eigenvalue weighted by Gasteiger charge is -1.90. The van der Waals surface area contributed by atoms with Crippen molar-refractivity contribution in [1.82, 2.24) is 0 Å². The molecular weight excluding hydrogens is 240 g/mol. The van der Waals surface area contributed by atoms with Crippen LogP contribution in [0.3, 0.4) is 0 Å². The first-order valence-electron chi connectivity index (χ1n) is 8.13. The lowest BCUT2D eigenvalue weighted by Crippen LogP contribution is -1.70. The monoisotopic (exact) mass is 272 g/mol. The van der Waals surface area contributed by atoms with Gasteiger partial charge in [-0.05, 0) is 45.4 Å². The predicted octanol–water partition coefficient (Wildman–Crippen LogP) is 6.93. The van der Waals surface area contributed by atoms with Gasteiger partial charge >= 0.3 is 0 Å². The van der Waals surface area contributed by atoms with Crippen molar-refractivity contribution >= 4 is 0 Å². The van der Waals surface area contributed by atoms with Gasteiger partial charge in [0.25, 0.3) is 0 Å². The van der Waals surface area contributed by atoms with Gasteiger partial charge in [0.05, 0.1) is 0 Å². The average molecular weight is 272 g/mol. The van der Waals surface area contributed by atoms with Crippen molar-refractivity contribution in [3.05, 3.63) is 60.8 Å². The molecule has 0 rings (SSSR count). The SMILES string of the molecule is C/C=C/C/C=C/C/C=C/C/C=C/C/C=C/CCCCC. The molecule has 0 aliphatic rings. The second kappa shape index (κ2) is 17.7. The second-order valence-corrected chi connectivity index (χ2v) is 4.89. The largest absolute Gasteiger partial charge is 0.0914 e. The van der Waals surface area contributed by atoms with E-state index < -0.39 is 0 Å². The third-order valence-corrected chi connectivity index (χ3v) is 2.97. The Morgan fingerprint density at radius 2 is 1.00 bits per heavy atom. The highest BCUT2D eigenvalue weighted by Crippen LogP contribution is 2.00. The smallest absolute Gasteiger partial charge is 0.0169 e. The quantitative estimate of drug-likeness (QED) is 0.267. The number of hydrogen-bond donors (Lipinski definition) is 0. The van der Waals surface area contributed by atoms with Crippen LogP contribution >= 0.6 is 0 Å². The fourth-order valence-corrected chi connectivity index (χ4v) is 1.75. The summed E-state index contributed by atoms with van der Waals surface area (Å²) >= 11 is 0. The summed E-state index contributed by atoms with van der Waals surface area (Å²) in [7, 11) is 0. The van der Waals surface area contributed by atoms with Gasteiger partial charge in [-0.25, -0.2) is 0 Å². The maximum atomic E-state index is 2.31. The van der Waals surface area contributed by atoms with Crippen molar-refractivity contribution in [2.45, 2.75) is 65.2 Å². The van der Waals surface area contributed by atoms with Crippen molar-refractivity contribution in [2.24, 2.45) is 0 Å². The second-order valence-electron chi connectivity index (χ2n) is 4.89. The van der Waals surface area contributed by atoms with Crippen LogP contribution in [-0.4, -0.2) is 0 Å². The van der Waals surface area contributed by atoms with Crippen LogP contribution in [0.2, 0.25) is 0 Å². The van der Waals surface area contributed by atoms with E-state index in [9.17, 15) is 0 Å². The molecule has 0 heterocycles. The summed E-state index contributed by atoms with van der Waals surface area (Å²) in [6, 6.07) is 0. The summed E-state index contributed by atoms with van der Waals surface area (Å²) in [4.78, 5) is 0. The molecule has 0 saturated carbocycles. The van der Waals surface area contributed by atoms with Gasteiger partial charge in [0.1, 0.15) is 0 Å². The van der Waals surface area contributed by atoms with Crippen LogP contribution in [0.25, 0.3) is 0 Å². The molecule has 0 spiro atoms. The van der Waals surface area contributed by atoms with Crippen LogP contribution in [0.1, 0.15) is 65.2 Å². The van der Waals surface area contributed by atoms with E-state index in [1.54, 1.807) is 0 Å². The summed E-state index contributed by atoms with van der Waals surface area (Å²) in [5, 5.41) is 0. The van der Waals surface area contributed by atoms with E-state index in [0.717, 1.165) is 25.7 Å². The van der Waals surface area contributed by atoms with E-state index in [2.05, 4.69) is 74.6 Å². The molecule has 0 aliphatic carbocycles. The summed E-state index contributed by atoms with van der Waals surface area (Å²) in [5.74, 6) is 0. The minimum Gasteiger partial charge on any atom is -0.0914 e. The van der Waals surface area contributed by atoms with Gasteiger partial charge in [-0.3, -0.25) is 0 Å². The van der Waals surface area contributed by atoms with Gasteiger partial charge in [-0.15, -0.1) is 0 Å². The van der Waals surface area contributed by atoms with Gasteiger partial charge in [0.15, 0.2) is 0 Å². The van der Waals surface area contributed by atoms with Crippen molar-refractivity contribution < 1.29 is 0 Å². The van der Waals surface area contributed by atoms with Crippen LogP contribution in [0.5, 0.6) is 0 Å². The fraction of sp³-hybridized carbons (Fsp3) is 0.500. The molecule has 112 valence electrons. The molecule has 0 bridgehead atoms. The summed E-state index contributed by atoms with van der Waals surface area (Å²) in [6.45, 7) is 4.30. The normalized spacial score (nSPS) is 13.1. The molecule has 0 heteroatoms. The highest BCUT2D eigenvalue weighted by atomic mass is 13.9. The summed E-state index contributed by atoms with van der Waals surface area (Å²) in [6.07, 6.45) is 31.7. The van der Waals surface area contributed by atoms with Crippen molar-refractivity contribution in [3.63, 3.8) is 0 Å². The highest BCUT2D eigenvalue weighted by molar-refractivity contribution is 5.00. The van der Waals surface area contributed by atoms with E-state index >= 15 is 0 Å². The minimum absolute atomic E-state index is 1.04. The number of allylic oxidation sites excluding steroid dienone is 10. The zero-order chi connectivity index (χ0) is 14.7. The Morgan fingerprint density at radius 3 is 1.45 bits per heavy atom. The van der Waals surface area contributed by atoms with E-state index in [0.29, 0.717) is 0 Å². The first-order chi connectivity index (χ1) is 9.91. The predicted molar refractivity (Wildman–Crippen MR) is 94.0 cm³/mol. The molecule has 0 unspecified atom stereocenters. The van der Waals surface area contributed by atoms with Crippen LogP contribution < -0.4 is 0 Å². The Balaban J connectivity index is 3.40. The molecule has 0 atom stereocenters. The van der Waals surface area contributed by atoms with Crippen LogP contribution in [-0.2, 0) is 0 Å². The van der Waals surface area contributed by atoms with Crippen molar-refractivity contribution in [3.8, 4) is 0 Å². The molecule has 20 heavy (non-hydrogen) atoms. The number of unbranched alkanes of at least 4 members (excludes halogenated alkanes) is 3. The van der Waals surface area contributed by atoms with Crippen LogP contribution in [0.15, 0.2) is 60.8 Å².